The minimum absolute atomic E-state index is 0.000191. The number of anilines is 1. The van der Waals surface area contributed by atoms with Crippen molar-refractivity contribution in [2.75, 3.05) is 12.0 Å². The quantitative estimate of drug-likeness (QED) is 0.427. The number of halogens is 1. The Bertz CT molecular complexity index is 821. The van der Waals surface area contributed by atoms with E-state index in [4.69, 9.17) is 5.73 Å². The monoisotopic (exact) mass is 352 g/mol. The second kappa shape index (κ2) is 6.39. The number of hydrogen-bond acceptors (Lipinski definition) is 7. The lowest BCUT2D eigenvalue weighted by atomic mass is 10.2. The van der Waals surface area contributed by atoms with E-state index in [1.165, 1.54) is 40.2 Å². The average molecular weight is 352 g/mol. The molecular formula is C14H13FN4S3. The van der Waals surface area contributed by atoms with Crippen molar-refractivity contribution in [3.8, 4) is 0 Å². The Hall–Kier alpha value is -1.38. The molecule has 3 heterocycles. The SMILES string of the molecule is CSc1cc(N)nc(SC(C)c2cc3c(F)csc3cn2)n1. The molecule has 0 amide bonds. The lowest BCUT2D eigenvalue weighted by Crippen LogP contribution is -1.99. The van der Waals surface area contributed by atoms with E-state index < -0.39 is 0 Å². The maximum atomic E-state index is 13.7. The highest BCUT2D eigenvalue weighted by Crippen LogP contribution is 2.35. The number of fused-ring (bicyclic) bond motifs is 1. The molecule has 0 radical (unpaired) electrons. The van der Waals surface area contributed by atoms with Crippen LogP contribution in [-0.2, 0) is 0 Å². The van der Waals surface area contributed by atoms with Gasteiger partial charge in [0.1, 0.15) is 16.7 Å². The molecule has 0 aliphatic rings. The van der Waals surface area contributed by atoms with E-state index in [0.29, 0.717) is 16.4 Å². The van der Waals surface area contributed by atoms with Gasteiger partial charge >= 0.3 is 0 Å². The van der Waals surface area contributed by atoms with Gasteiger partial charge in [-0.2, -0.15) is 0 Å². The zero-order chi connectivity index (χ0) is 15.7. The number of rotatable bonds is 4. The molecule has 0 saturated heterocycles. The fourth-order valence-corrected chi connectivity index (χ4v) is 4.04. The van der Waals surface area contributed by atoms with E-state index in [1.54, 1.807) is 18.3 Å². The van der Waals surface area contributed by atoms with Crippen molar-refractivity contribution in [2.24, 2.45) is 0 Å². The summed E-state index contributed by atoms with van der Waals surface area (Å²) >= 11 is 4.33. The Morgan fingerprint density at radius 1 is 1.32 bits per heavy atom. The molecule has 0 saturated carbocycles. The number of thiophene rings is 1. The third kappa shape index (κ3) is 3.18. The van der Waals surface area contributed by atoms with Crippen molar-refractivity contribution in [3.05, 3.63) is 35.2 Å². The molecule has 3 aromatic heterocycles. The topological polar surface area (TPSA) is 64.7 Å². The second-order valence-corrected chi connectivity index (χ2v) is 7.61. The smallest absolute Gasteiger partial charge is 0.191 e. The molecule has 0 spiro atoms. The van der Waals surface area contributed by atoms with Crippen molar-refractivity contribution in [1.82, 2.24) is 15.0 Å². The minimum Gasteiger partial charge on any atom is -0.384 e. The van der Waals surface area contributed by atoms with Crippen molar-refractivity contribution >= 4 is 50.8 Å². The van der Waals surface area contributed by atoms with Crippen LogP contribution in [-0.4, -0.2) is 21.2 Å². The van der Waals surface area contributed by atoms with Crippen molar-refractivity contribution < 1.29 is 4.39 Å². The van der Waals surface area contributed by atoms with Gasteiger partial charge in [0.2, 0.25) is 0 Å². The van der Waals surface area contributed by atoms with Crippen LogP contribution in [0.1, 0.15) is 17.9 Å². The van der Waals surface area contributed by atoms with Crippen LogP contribution >= 0.6 is 34.9 Å². The molecule has 0 aliphatic heterocycles. The van der Waals surface area contributed by atoms with E-state index >= 15 is 0 Å². The van der Waals surface area contributed by atoms with Crippen molar-refractivity contribution in [3.63, 3.8) is 0 Å². The lowest BCUT2D eigenvalue weighted by Gasteiger charge is -2.10. The molecule has 1 atom stereocenters. The zero-order valence-electron chi connectivity index (χ0n) is 11.9. The first kappa shape index (κ1) is 15.5. The highest BCUT2D eigenvalue weighted by Gasteiger charge is 2.14. The van der Waals surface area contributed by atoms with E-state index in [2.05, 4.69) is 15.0 Å². The molecule has 0 aromatic carbocycles. The molecule has 4 nitrogen and oxygen atoms in total. The maximum Gasteiger partial charge on any atom is 0.191 e. The molecule has 22 heavy (non-hydrogen) atoms. The van der Waals surface area contributed by atoms with Crippen molar-refractivity contribution in [2.45, 2.75) is 22.4 Å². The summed E-state index contributed by atoms with van der Waals surface area (Å²) in [5.74, 6) is 0.243. The van der Waals surface area contributed by atoms with Gasteiger partial charge < -0.3 is 5.73 Å². The van der Waals surface area contributed by atoms with Crippen LogP contribution in [0.15, 0.2) is 33.9 Å². The van der Waals surface area contributed by atoms with Gasteiger partial charge in [-0.1, -0.05) is 11.8 Å². The van der Waals surface area contributed by atoms with Gasteiger partial charge in [-0.05, 0) is 19.2 Å². The first-order valence-corrected chi connectivity index (χ1v) is 9.43. The van der Waals surface area contributed by atoms with E-state index in [-0.39, 0.29) is 11.1 Å². The average Bonchev–Trinajstić information content (AvgIpc) is 2.87. The third-order valence-corrected chi connectivity index (χ3v) is 5.56. The van der Waals surface area contributed by atoms with E-state index in [0.717, 1.165) is 15.4 Å². The molecule has 114 valence electrons. The standard InChI is InChI=1S/C14H13FN4S3/c1-7(22-14-18-12(16)4-13(19-14)20-2)10-3-8-9(15)6-21-11(8)5-17-10/h3-7H,1-2H3,(H2,16,18,19). The Balaban J connectivity index is 1.87. The first-order valence-electron chi connectivity index (χ1n) is 6.44. The predicted octanol–water partition coefficient (Wildman–Crippen LogP) is 4.38. The third-order valence-electron chi connectivity index (χ3n) is 3.04. The molecule has 3 rings (SSSR count). The van der Waals surface area contributed by atoms with Crippen LogP contribution in [0, 0.1) is 5.82 Å². The van der Waals surface area contributed by atoms with E-state index in [1.807, 2.05) is 13.2 Å². The summed E-state index contributed by atoms with van der Waals surface area (Å²) < 4.78 is 14.6. The van der Waals surface area contributed by atoms with Crippen LogP contribution in [0.2, 0.25) is 0 Å². The van der Waals surface area contributed by atoms with Gasteiger partial charge in [0.05, 0.1) is 15.6 Å². The zero-order valence-corrected chi connectivity index (χ0v) is 14.4. The largest absolute Gasteiger partial charge is 0.384 e. The number of pyridine rings is 1. The number of nitrogens with two attached hydrogens (primary N) is 1. The summed E-state index contributed by atoms with van der Waals surface area (Å²) in [5.41, 5.74) is 6.59. The van der Waals surface area contributed by atoms with Gasteiger partial charge in [0.25, 0.3) is 0 Å². The van der Waals surface area contributed by atoms with Gasteiger partial charge in [0, 0.05) is 23.0 Å². The molecule has 8 heteroatoms. The Labute approximate surface area is 139 Å². The number of thioether (sulfide) groups is 2. The second-order valence-electron chi connectivity index (χ2n) is 4.57. The van der Waals surface area contributed by atoms with Crippen LogP contribution in [0.3, 0.4) is 0 Å². The van der Waals surface area contributed by atoms with E-state index in [9.17, 15) is 4.39 Å². The summed E-state index contributed by atoms with van der Waals surface area (Å²) in [5, 5.41) is 3.54. The molecule has 1 unspecified atom stereocenters. The lowest BCUT2D eigenvalue weighted by molar-refractivity contribution is 0.644. The number of hydrogen-bond donors (Lipinski definition) is 1. The fraction of sp³-hybridized carbons (Fsp3) is 0.214. The van der Waals surface area contributed by atoms with Gasteiger partial charge in [0.15, 0.2) is 5.16 Å². The Morgan fingerprint density at radius 2 is 2.14 bits per heavy atom. The molecule has 3 aromatic rings. The van der Waals surface area contributed by atoms with Gasteiger partial charge in [-0.25, -0.2) is 14.4 Å². The fourth-order valence-electron chi connectivity index (χ4n) is 1.94. The van der Waals surface area contributed by atoms with Gasteiger partial charge in [-0.15, -0.1) is 23.1 Å². The maximum absolute atomic E-state index is 13.7. The summed E-state index contributed by atoms with van der Waals surface area (Å²) in [4.78, 5) is 13.1. The molecule has 0 aliphatic carbocycles. The molecule has 2 N–H and O–H groups in total. The van der Waals surface area contributed by atoms with Gasteiger partial charge in [-0.3, -0.25) is 4.98 Å². The Kier molecular flexibility index (Phi) is 4.51. The summed E-state index contributed by atoms with van der Waals surface area (Å²) in [7, 11) is 0. The number of aromatic nitrogens is 3. The number of nitrogens with zero attached hydrogens (tertiary/aromatic N) is 3. The first-order chi connectivity index (χ1) is 10.6. The highest BCUT2D eigenvalue weighted by atomic mass is 32.2. The Morgan fingerprint density at radius 3 is 2.91 bits per heavy atom. The summed E-state index contributed by atoms with van der Waals surface area (Å²) in [6.07, 6.45) is 3.65. The van der Waals surface area contributed by atoms with Crippen LogP contribution in [0.25, 0.3) is 10.1 Å². The van der Waals surface area contributed by atoms with Crippen molar-refractivity contribution in [1.29, 1.82) is 0 Å². The summed E-state index contributed by atoms with van der Waals surface area (Å²) in [6, 6.07) is 3.53. The minimum atomic E-state index is -0.203. The molecular weight excluding hydrogens is 339 g/mol. The van der Waals surface area contributed by atoms with Crippen LogP contribution in [0.4, 0.5) is 10.2 Å². The van der Waals surface area contributed by atoms with Crippen LogP contribution < -0.4 is 5.73 Å². The molecule has 0 bridgehead atoms. The number of nitrogen functional groups attached to an aromatic ring is 1. The van der Waals surface area contributed by atoms with Crippen LogP contribution in [0.5, 0.6) is 0 Å². The summed E-state index contributed by atoms with van der Waals surface area (Å²) in [6.45, 7) is 1.99. The highest BCUT2D eigenvalue weighted by molar-refractivity contribution is 7.99. The molecule has 0 fully saturated rings. The normalized spacial score (nSPS) is 12.7. The predicted molar refractivity (Wildman–Crippen MR) is 92.1 cm³/mol.